The van der Waals surface area contributed by atoms with E-state index in [9.17, 15) is 13.2 Å². The lowest BCUT2D eigenvalue weighted by Gasteiger charge is -2.25. The molecule has 0 spiro atoms. The Morgan fingerprint density at radius 2 is 1.90 bits per heavy atom. The fourth-order valence-electron chi connectivity index (χ4n) is 2.16. The number of hydrogen-bond acceptors (Lipinski definition) is 4. The van der Waals surface area contributed by atoms with Crippen LogP contribution in [0.25, 0.3) is 10.8 Å². The van der Waals surface area contributed by atoms with Crippen molar-refractivity contribution < 1.29 is 8.42 Å². The SMILES string of the molecule is CC(C)(CNc1cc2ccccc2c(=O)[nH]1)NS(C)(=O)=O. The summed E-state index contributed by atoms with van der Waals surface area (Å²) in [5, 5.41) is 4.51. The molecule has 114 valence electrons. The smallest absolute Gasteiger partial charge is 0.257 e. The normalized spacial score (nSPS) is 12.5. The summed E-state index contributed by atoms with van der Waals surface area (Å²) in [7, 11) is -3.29. The minimum absolute atomic E-state index is 0.176. The molecule has 2 rings (SSSR count). The van der Waals surface area contributed by atoms with Crippen molar-refractivity contribution in [2.75, 3.05) is 18.1 Å². The number of rotatable bonds is 5. The summed E-state index contributed by atoms with van der Waals surface area (Å²) < 4.78 is 25.1. The lowest BCUT2D eigenvalue weighted by molar-refractivity contribution is 0.476. The first-order valence-electron chi connectivity index (χ1n) is 6.51. The molecule has 0 bridgehead atoms. The predicted octanol–water partition coefficient (Wildman–Crippen LogP) is 1.27. The van der Waals surface area contributed by atoms with Crippen LogP contribution in [-0.2, 0) is 10.0 Å². The molecule has 0 unspecified atom stereocenters. The zero-order valence-electron chi connectivity index (χ0n) is 12.2. The van der Waals surface area contributed by atoms with Crippen LogP contribution < -0.4 is 15.6 Å². The molecule has 21 heavy (non-hydrogen) atoms. The maximum Gasteiger partial charge on any atom is 0.257 e. The standard InChI is InChI=1S/C14H19N3O3S/c1-14(2,17-21(3,19)20)9-15-12-8-10-6-4-5-7-11(10)13(18)16-12/h4-8,17H,9H2,1-3H3,(H2,15,16,18). The second-order valence-corrected chi connectivity index (χ2v) is 7.46. The highest BCUT2D eigenvalue weighted by Gasteiger charge is 2.21. The average Bonchev–Trinajstić information content (AvgIpc) is 2.34. The van der Waals surface area contributed by atoms with E-state index in [4.69, 9.17) is 0 Å². The molecule has 0 fully saturated rings. The van der Waals surface area contributed by atoms with Crippen LogP contribution in [0.2, 0.25) is 0 Å². The van der Waals surface area contributed by atoms with Gasteiger partial charge in [-0.3, -0.25) is 4.79 Å². The van der Waals surface area contributed by atoms with Crippen LogP contribution in [0, 0.1) is 0 Å². The number of aromatic amines is 1. The Hall–Kier alpha value is -1.86. The van der Waals surface area contributed by atoms with Gasteiger partial charge in [0.15, 0.2) is 0 Å². The molecule has 6 nitrogen and oxygen atoms in total. The zero-order valence-corrected chi connectivity index (χ0v) is 13.0. The van der Waals surface area contributed by atoms with E-state index in [0.717, 1.165) is 11.6 Å². The number of aromatic nitrogens is 1. The Bertz CT molecular complexity index is 810. The highest BCUT2D eigenvalue weighted by molar-refractivity contribution is 7.88. The maximum atomic E-state index is 11.9. The van der Waals surface area contributed by atoms with E-state index >= 15 is 0 Å². The molecule has 3 N–H and O–H groups in total. The monoisotopic (exact) mass is 309 g/mol. The quantitative estimate of drug-likeness (QED) is 0.775. The van der Waals surface area contributed by atoms with Crippen molar-refractivity contribution in [3.63, 3.8) is 0 Å². The summed E-state index contributed by atoms with van der Waals surface area (Å²) in [5.41, 5.74) is -0.847. The van der Waals surface area contributed by atoms with Crippen LogP contribution in [-0.4, -0.2) is 31.7 Å². The van der Waals surface area contributed by atoms with E-state index < -0.39 is 15.6 Å². The minimum Gasteiger partial charge on any atom is -0.370 e. The third kappa shape index (κ3) is 4.30. The van der Waals surface area contributed by atoms with Crippen LogP contribution in [0.4, 0.5) is 5.82 Å². The molecule has 2 aromatic rings. The molecule has 1 aromatic heterocycles. The maximum absolute atomic E-state index is 11.9. The van der Waals surface area contributed by atoms with Gasteiger partial charge in [-0.25, -0.2) is 13.1 Å². The van der Waals surface area contributed by atoms with Crippen LogP contribution in [0.15, 0.2) is 35.1 Å². The van der Waals surface area contributed by atoms with Crippen LogP contribution in [0.1, 0.15) is 13.8 Å². The summed E-state index contributed by atoms with van der Waals surface area (Å²) >= 11 is 0. The fraction of sp³-hybridized carbons (Fsp3) is 0.357. The molecule has 1 heterocycles. The number of pyridine rings is 1. The summed E-state index contributed by atoms with van der Waals surface area (Å²) in [6.07, 6.45) is 1.12. The predicted molar refractivity (Wildman–Crippen MR) is 85.1 cm³/mol. The van der Waals surface area contributed by atoms with Gasteiger partial charge >= 0.3 is 0 Å². The second kappa shape index (κ2) is 5.50. The van der Waals surface area contributed by atoms with Crippen molar-refractivity contribution >= 4 is 26.6 Å². The summed E-state index contributed by atoms with van der Waals surface area (Å²) in [6.45, 7) is 3.87. The fourth-order valence-corrected chi connectivity index (χ4v) is 3.24. The zero-order chi connectivity index (χ0) is 15.7. The van der Waals surface area contributed by atoms with E-state index in [1.807, 2.05) is 24.3 Å². The number of nitrogens with one attached hydrogen (secondary N) is 3. The van der Waals surface area contributed by atoms with Gasteiger partial charge in [-0.15, -0.1) is 0 Å². The molecular weight excluding hydrogens is 290 g/mol. The first kappa shape index (κ1) is 15.5. The molecule has 0 aliphatic carbocycles. The molecule has 1 aromatic carbocycles. The highest BCUT2D eigenvalue weighted by Crippen LogP contribution is 2.13. The summed E-state index contributed by atoms with van der Waals surface area (Å²) in [4.78, 5) is 14.7. The highest BCUT2D eigenvalue weighted by atomic mass is 32.2. The Kier molecular flexibility index (Phi) is 4.06. The molecule has 7 heteroatoms. The molecule has 0 aliphatic rings. The van der Waals surface area contributed by atoms with E-state index in [1.165, 1.54) is 0 Å². The van der Waals surface area contributed by atoms with Gasteiger partial charge in [-0.05, 0) is 31.4 Å². The first-order valence-corrected chi connectivity index (χ1v) is 8.40. The van der Waals surface area contributed by atoms with Gasteiger partial charge in [0, 0.05) is 17.5 Å². The molecule has 0 saturated heterocycles. The molecule has 0 saturated carbocycles. The Morgan fingerprint density at radius 3 is 2.57 bits per heavy atom. The topological polar surface area (TPSA) is 91.1 Å². The van der Waals surface area contributed by atoms with Gasteiger partial charge in [0.2, 0.25) is 10.0 Å². The average molecular weight is 309 g/mol. The van der Waals surface area contributed by atoms with Crippen LogP contribution in [0.5, 0.6) is 0 Å². The molecule has 0 atom stereocenters. The van der Waals surface area contributed by atoms with Crippen molar-refractivity contribution in [3.05, 3.63) is 40.7 Å². The van der Waals surface area contributed by atoms with Gasteiger partial charge in [0.05, 0.1) is 6.26 Å². The van der Waals surface area contributed by atoms with Gasteiger partial charge in [-0.2, -0.15) is 0 Å². The van der Waals surface area contributed by atoms with Gasteiger partial charge < -0.3 is 10.3 Å². The largest absolute Gasteiger partial charge is 0.370 e. The minimum atomic E-state index is -3.29. The van der Waals surface area contributed by atoms with Gasteiger partial charge in [0.25, 0.3) is 5.56 Å². The molecule has 0 radical (unpaired) electrons. The lowest BCUT2D eigenvalue weighted by Crippen LogP contribution is -2.47. The number of hydrogen-bond donors (Lipinski definition) is 3. The molecule has 0 aliphatic heterocycles. The van der Waals surface area contributed by atoms with Crippen LogP contribution in [0.3, 0.4) is 0 Å². The Morgan fingerprint density at radius 1 is 1.24 bits per heavy atom. The van der Waals surface area contributed by atoms with Gasteiger partial charge in [-0.1, -0.05) is 18.2 Å². The van der Waals surface area contributed by atoms with E-state index in [0.29, 0.717) is 17.7 Å². The van der Waals surface area contributed by atoms with Crippen molar-refractivity contribution in [1.29, 1.82) is 0 Å². The summed E-state index contributed by atoms with van der Waals surface area (Å²) in [6, 6.07) is 9.11. The number of sulfonamides is 1. The lowest BCUT2D eigenvalue weighted by atomic mass is 10.1. The third-order valence-electron chi connectivity index (χ3n) is 2.94. The summed E-state index contributed by atoms with van der Waals surface area (Å²) in [5.74, 6) is 0.557. The van der Waals surface area contributed by atoms with E-state index in [1.54, 1.807) is 19.9 Å². The Balaban J connectivity index is 2.19. The van der Waals surface area contributed by atoms with E-state index in [2.05, 4.69) is 15.0 Å². The van der Waals surface area contributed by atoms with Crippen molar-refractivity contribution in [1.82, 2.24) is 9.71 Å². The second-order valence-electron chi connectivity index (χ2n) is 5.71. The van der Waals surface area contributed by atoms with Crippen molar-refractivity contribution in [2.24, 2.45) is 0 Å². The van der Waals surface area contributed by atoms with Gasteiger partial charge in [0.1, 0.15) is 5.82 Å². The third-order valence-corrected chi connectivity index (χ3v) is 3.86. The van der Waals surface area contributed by atoms with Crippen molar-refractivity contribution in [3.8, 4) is 0 Å². The Labute approximate surface area is 123 Å². The number of H-pyrrole nitrogens is 1. The van der Waals surface area contributed by atoms with Crippen LogP contribution >= 0.6 is 0 Å². The number of fused-ring (bicyclic) bond motifs is 1. The molecule has 0 amide bonds. The number of benzene rings is 1. The molecular formula is C14H19N3O3S. The first-order chi connectivity index (χ1) is 9.66. The number of anilines is 1. The van der Waals surface area contributed by atoms with E-state index in [-0.39, 0.29) is 5.56 Å². The van der Waals surface area contributed by atoms with Crippen molar-refractivity contribution in [2.45, 2.75) is 19.4 Å².